The third-order valence-electron chi connectivity index (χ3n) is 3.79. The average molecular weight is 432 g/mol. The fourth-order valence-corrected chi connectivity index (χ4v) is 3.70. The van der Waals surface area contributed by atoms with Gasteiger partial charge in [-0.15, -0.1) is 10.2 Å². The van der Waals surface area contributed by atoms with Gasteiger partial charge in [0.25, 0.3) is 5.22 Å². The lowest BCUT2D eigenvalue weighted by molar-refractivity contribution is -0.117. The van der Waals surface area contributed by atoms with Crippen LogP contribution >= 0.6 is 27.7 Å². The molecule has 26 heavy (non-hydrogen) atoms. The number of carbonyl (C=O) groups is 1. The minimum atomic E-state index is -0.345. The van der Waals surface area contributed by atoms with Crippen molar-refractivity contribution in [2.24, 2.45) is 0 Å². The van der Waals surface area contributed by atoms with Crippen LogP contribution in [0.25, 0.3) is 11.5 Å². The van der Waals surface area contributed by atoms with Crippen molar-refractivity contribution in [2.75, 3.05) is 11.4 Å². The second kappa shape index (κ2) is 8.51. The van der Waals surface area contributed by atoms with Gasteiger partial charge in [0, 0.05) is 16.7 Å². The van der Waals surface area contributed by atoms with Gasteiger partial charge in [-0.1, -0.05) is 42.1 Å². The summed E-state index contributed by atoms with van der Waals surface area (Å²) in [6.45, 7) is 4.40. The van der Waals surface area contributed by atoms with E-state index >= 15 is 0 Å². The van der Waals surface area contributed by atoms with E-state index in [0.29, 0.717) is 17.7 Å². The van der Waals surface area contributed by atoms with Crippen LogP contribution in [0.15, 0.2) is 68.7 Å². The molecule has 1 amide bonds. The van der Waals surface area contributed by atoms with E-state index in [1.165, 1.54) is 11.8 Å². The van der Waals surface area contributed by atoms with Crippen LogP contribution in [-0.2, 0) is 4.79 Å². The molecular formula is C19H18BrN3O2S. The molecule has 1 unspecified atom stereocenters. The lowest BCUT2D eigenvalue weighted by Crippen LogP contribution is -2.36. The molecule has 1 atom stereocenters. The van der Waals surface area contributed by atoms with E-state index in [1.807, 2.05) is 68.4 Å². The first-order valence-electron chi connectivity index (χ1n) is 8.21. The molecule has 0 N–H and O–H groups in total. The summed E-state index contributed by atoms with van der Waals surface area (Å²) in [7, 11) is 0. The number of hydrogen-bond acceptors (Lipinski definition) is 5. The summed E-state index contributed by atoms with van der Waals surface area (Å²) in [5.74, 6) is 0.430. The van der Waals surface area contributed by atoms with Gasteiger partial charge in [0.05, 0.1) is 10.8 Å². The van der Waals surface area contributed by atoms with Crippen molar-refractivity contribution in [3.05, 3.63) is 59.1 Å². The summed E-state index contributed by atoms with van der Waals surface area (Å²) in [5, 5.41) is 8.19. The first-order chi connectivity index (χ1) is 12.6. The first kappa shape index (κ1) is 18.7. The lowest BCUT2D eigenvalue weighted by Gasteiger charge is -2.23. The SMILES string of the molecule is CCN(C(=O)C(C)Sc1nnc(-c2ccccc2Br)o1)c1ccccc1. The van der Waals surface area contributed by atoms with Crippen LogP contribution < -0.4 is 4.90 Å². The summed E-state index contributed by atoms with van der Waals surface area (Å²) in [6.07, 6.45) is 0. The summed E-state index contributed by atoms with van der Waals surface area (Å²) < 4.78 is 6.61. The van der Waals surface area contributed by atoms with Gasteiger partial charge in [0.2, 0.25) is 11.8 Å². The third-order valence-corrected chi connectivity index (χ3v) is 5.40. The highest BCUT2D eigenvalue weighted by Gasteiger charge is 2.24. The largest absolute Gasteiger partial charge is 0.411 e. The molecule has 0 radical (unpaired) electrons. The Hall–Kier alpha value is -2.12. The van der Waals surface area contributed by atoms with E-state index < -0.39 is 0 Å². The second-order valence-corrected chi connectivity index (χ2v) is 7.68. The maximum Gasteiger partial charge on any atom is 0.277 e. The normalized spacial score (nSPS) is 12.0. The zero-order valence-corrected chi connectivity index (χ0v) is 16.8. The number of rotatable bonds is 6. The van der Waals surface area contributed by atoms with Gasteiger partial charge in [-0.05, 0) is 54.0 Å². The van der Waals surface area contributed by atoms with E-state index in [0.717, 1.165) is 15.7 Å². The van der Waals surface area contributed by atoms with E-state index in [9.17, 15) is 4.79 Å². The van der Waals surface area contributed by atoms with Crippen LogP contribution in [0.2, 0.25) is 0 Å². The fraction of sp³-hybridized carbons (Fsp3) is 0.211. The van der Waals surface area contributed by atoms with E-state index in [2.05, 4.69) is 26.1 Å². The molecule has 0 aliphatic rings. The maximum atomic E-state index is 12.8. The van der Waals surface area contributed by atoms with Gasteiger partial charge in [-0.25, -0.2) is 0 Å². The molecule has 2 aromatic carbocycles. The number of para-hydroxylation sites is 1. The average Bonchev–Trinajstić information content (AvgIpc) is 3.11. The molecule has 0 saturated heterocycles. The van der Waals surface area contributed by atoms with Gasteiger partial charge < -0.3 is 9.32 Å². The van der Waals surface area contributed by atoms with Crippen LogP contribution in [0, 0.1) is 0 Å². The van der Waals surface area contributed by atoms with Gasteiger partial charge in [-0.2, -0.15) is 0 Å². The highest BCUT2D eigenvalue weighted by Crippen LogP contribution is 2.31. The quantitative estimate of drug-likeness (QED) is 0.512. The number of aromatic nitrogens is 2. The molecule has 7 heteroatoms. The lowest BCUT2D eigenvalue weighted by atomic mass is 10.2. The standard InChI is InChI=1S/C19H18BrN3O2S/c1-3-23(14-9-5-4-6-10-14)18(24)13(2)26-19-22-21-17(25-19)15-11-7-8-12-16(15)20/h4-13H,3H2,1-2H3. The molecule has 0 aliphatic carbocycles. The van der Waals surface area contributed by atoms with Crippen molar-refractivity contribution in [3.63, 3.8) is 0 Å². The Labute approximate surface area is 164 Å². The highest BCUT2D eigenvalue weighted by atomic mass is 79.9. The number of thioether (sulfide) groups is 1. The van der Waals surface area contributed by atoms with Crippen LogP contribution in [0.5, 0.6) is 0 Å². The number of nitrogens with zero attached hydrogens (tertiary/aromatic N) is 3. The minimum Gasteiger partial charge on any atom is -0.411 e. The predicted octanol–water partition coefficient (Wildman–Crippen LogP) is 5.03. The molecule has 0 spiro atoms. The van der Waals surface area contributed by atoms with Gasteiger partial charge in [-0.3, -0.25) is 4.79 Å². The number of carbonyl (C=O) groups excluding carboxylic acids is 1. The molecule has 5 nitrogen and oxygen atoms in total. The number of anilines is 1. The highest BCUT2D eigenvalue weighted by molar-refractivity contribution is 9.10. The summed E-state index contributed by atoms with van der Waals surface area (Å²) in [6, 6.07) is 17.3. The maximum absolute atomic E-state index is 12.8. The summed E-state index contributed by atoms with van der Waals surface area (Å²) in [5.41, 5.74) is 1.71. The Balaban J connectivity index is 1.73. The zero-order valence-electron chi connectivity index (χ0n) is 14.4. The zero-order chi connectivity index (χ0) is 18.5. The van der Waals surface area contributed by atoms with E-state index in [1.54, 1.807) is 4.90 Å². The smallest absolute Gasteiger partial charge is 0.277 e. The van der Waals surface area contributed by atoms with Gasteiger partial charge in [0.15, 0.2) is 0 Å². The van der Waals surface area contributed by atoms with Crippen LogP contribution in [0.4, 0.5) is 5.69 Å². The molecule has 134 valence electrons. The van der Waals surface area contributed by atoms with E-state index in [4.69, 9.17) is 4.42 Å². The van der Waals surface area contributed by atoms with Gasteiger partial charge >= 0.3 is 0 Å². The summed E-state index contributed by atoms with van der Waals surface area (Å²) >= 11 is 4.74. The molecule has 0 saturated carbocycles. The molecular weight excluding hydrogens is 414 g/mol. The Bertz CT molecular complexity index is 885. The predicted molar refractivity (Wildman–Crippen MR) is 107 cm³/mol. The van der Waals surface area contributed by atoms with Crippen LogP contribution in [-0.4, -0.2) is 27.9 Å². The number of benzene rings is 2. The van der Waals surface area contributed by atoms with Crippen LogP contribution in [0.3, 0.4) is 0 Å². The van der Waals surface area contributed by atoms with Crippen LogP contribution in [0.1, 0.15) is 13.8 Å². The Morgan fingerprint density at radius 2 is 1.85 bits per heavy atom. The number of amides is 1. The van der Waals surface area contributed by atoms with E-state index in [-0.39, 0.29) is 11.2 Å². The van der Waals surface area contributed by atoms with Crippen molar-refractivity contribution in [2.45, 2.75) is 24.3 Å². The van der Waals surface area contributed by atoms with Gasteiger partial charge in [0.1, 0.15) is 0 Å². The molecule has 0 fully saturated rings. The third kappa shape index (κ3) is 4.16. The molecule has 3 rings (SSSR count). The van der Waals surface area contributed by atoms with Crippen molar-refractivity contribution in [1.29, 1.82) is 0 Å². The van der Waals surface area contributed by atoms with Crippen molar-refractivity contribution < 1.29 is 9.21 Å². The summed E-state index contributed by atoms with van der Waals surface area (Å²) in [4.78, 5) is 14.6. The molecule has 0 bridgehead atoms. The van der Waals surface area contributed by atoms with Crippen molar-refractivity contribution in [1.82, 2.24) is 10.2 Å². The second-order valence-electron chi connectivity index (χ2n) is 5.53. The van der Waals surface area contributed by atoms with Crippen molar-refractivity contribution >= 4 is 39.3 Å². The fourth-order valence-electron chi connectivity index (χ4n) is 2.50. The molecule has 1 aromatic heterocycles. The first-order valence-corrected chi connectivity index (χ1v) is 9.89. The monoisotopic (exact) mass is 431 g/mol. The molecule has 0 aliphatic heterocycles. The Morgan fingerprint density at radius 1 is 1.15 bits per heavy atom. The molecule has 1 heterocycles. The topological polar surface area (TPSA) is 59.2 Å². The number of hydrogen-bond donors (Lipinski definition) is 0. The molecule has 3 aromatic rings. The number of halogens is 1. The minimum absolute atomic E-state index is 0.00402. The Morgan fingerprint density at radius 3 is 2.54 bits per heavy atom. The van der Waals surface area contributed by atoms with Crippen molar-refractivity contribution in [3.8, 4) is 11.5 Å². The Kier molecular flexibility index (Phi) is 6.11.